The topological polar surface area (TPSA) is 61.4 Å². The molecule has 5 nitrogen and oxygen atoms in total. The van der Waals surface area contributed by atoms with Gasteiger partial charge in [0.05, 0.1) is 0 Å². The number of carbonyl (C=O) groups excluding carboxylic acids is 2. The SMILES string of the molecule is CC1CCC(NC(=O)c2ccc(N3CCNC3=O)cc2)CC1. The number of carbonyl (C=O) groups is 2. The maximum atomic E-state index is 12.3. The molecule has 2 aliphatic rings. The zero-order valence-corrected chi connectivity index (χ0v) is 13.0. The average molecular weight is 301 g/mol. The van der Waals surface area contributed by atoms with Gasteiger partial charge in [-0.1, -0.05) is 6.92 Å². The summed E-state index contributed by atoms with van der Waals surface area (Å²) in [7, 11) is 0. The van der Waals surface area contributed by atoms with Crippen molar-refractivity contribution in [3.63, 3.8) is 0 Å². The van der Waals surface area contributed by atoms with E-state index in [0.717, 1.165) is 24.4 Å². The molecular formula is C17H23N3O2. The van der Waals surface area contributed by atoms with Crippen molar-refractivity contribution in [1.29, 1.82) is 0 Å². The van der Waals surface area contributed by atoms with Crippen molar-refractivity contribution in [2.24, 2.45) is 5.92 Å². The van der Waals surface area contributed by atoms with Crippen LogP contribution in [0.2, 0.25) is 0 Å². The minimum absolute atomic E-state index is 0.0167. The molecule has 2 N–H and O–H groups in total. The molecule has 3 rings (SSSR count). The molecule has 1 aliphatic heterocycles. The molecule has 1 saturated carbocycles. The van der Waals surface area contributed by atoms with E-state index in [0.29, 0.717) is 24.7 Å². The highest BCUT2D eigenvalue weighted by Crippen LogP contribution is 2.24. The number of hydrogen-bond donors (Lipinski definition) is 2. The fraction of sp³-hybridized carbons (Fsp3) is 0.529. The highest BCUT2D eigenvalue weighted by atomic mass is 16.2. The summed E-state index contributed by atoms with van der Waals surface area (Å²) in [5.41, 5.74) is 1.49. The van der Waals surface area contributed by atoms with Crippen LogP contribution >= 0.6 is 0 Å². The van der Waals surface area contributed by atoms with E-state index >= 15 is 0 Å². The third kappa shape index (κ3) is 3.24. The number of hydrogen-bond acceptors (Lipinski definition) is 2. The van der Waals surface area contributed by atoms with E-state index < -0.39 is 0 Å². The third-order valence-corrected chi connectivity index (χ3v) is 4.65. The lowest BCUT2D eigenvalue weighted by molar-refractivity contribution is 0.0923. The normalized spacial score (nSPS) is 25.0. The van der Waals surface area contributed by atoms with Crippen LogP contribution in [0.15, 0.2) is 24.3 Å². The minimum Gasteiger partial charge on any atom is -0.349 e. The van der Waals surface area contributed by atoms with Crippen LogP contribution in [0.5, 0.6) is 0 Å². The first kappa shape index (κ1) is 14.9. The molecule has 0 aromatic heterocycles. The molecule has 0 unspecified atom stereocenters. The minimum atomic E-state index is -0.0754. The summed E-state index contributed by atoms with van der Waals surface area (Å²) in [5, 5.41) is 5.89. The summed E-state index contributed by atoms with van der Waals surface area (Å²) in [6, 6.07) is 7.48. The standard InChI is InChI=1S/C17H23N3O2/c1-12-2-6-14(7-3-12)19-16(21)13-4-8-15(9-5-13)20-11-10-18-17(20)22/h4-5,8-9,12,14H,2-3,6-7,10-11H2,1H3,(H,18,22)(H,19,21). The Morgan fingerprint density at radius 1 is 1.18 bits per heavy atom. The lowest BCUT2D eigenvalue weighted by Crippen LogP contribution is -2.37. The Bertz CT molecular complexity index is 548. The first-order chi connectivity index (χ1) is 10.6. The van der Waals surface area contributed by atoms with Gasteiger partial charge in [-0.05, 0) is 55.9 Å². The van der Waals surface area contributed by atoms with Gasteiger partial charge in [0.25, 0.3) is 5.91 Å². The monoisotopic (exact) mass is 301 g/mol. The molecule has 2 fully saturated rings. The fourth-order valence-corrected chi connectivity index (χ4v) is 3.18. The molecule has 1 aliphatic carbocycles. The van der Waals surface area contributed by atoms with E-state index in [1.54, 1.807) is 17.0 Å². The summed E-state index contributed by atoms with van der Waals surface area (Å²) < 4.78 is 0. The maximum absolute atomic E-state index is 12.3. The van der Waals surface area contributed by atoms with Gasteiger partial charge in [0, 0.05) is 30.4 Å². The molecule has 118 valence electrons. The number of rotatable bonds is 3. The van der Waals surface area contributed by atoms with Crippen molar-refractivity contribution in [1.82, 2.24) is 10.6 Å². The number of amides is 3. The molecule has 1 saturated heterocycles. The van der Waals surface area contributed by atoms with Crippen LogP contribution in [-0.2, 0) is 0 Å². The van der Waals surface area contributed by atoms with E-state index in [-0.39, 0.29) is 11.9 Å². The molecule has 0 bridgehead atoms. The number of nitrogens with zero attached hydrogens (tertiary/aromatic N) is 1. The van der Waals surface area contributed by atoms with Gasteiger partial charge in [-0.25, -0.2) is 4.79 Å². The predicted molar refractivity (Wildman–Crippen MR) is 86.1 cm³/mol. The van der Waals surface area contributed by atoms with Crippen LogP contribution in [-0.4, -0.2) is 31.1 Å². The van der Waals surface area contributed by atoms with Crippen LogP contribution in [0, 0.1) is 5.92 Å². The van der Waals surface area contributed by atoms with Crippen molar-refractivity contribution in [2.45, 2.75) is 38.6 Å². The molecular weight excluding hydrogens is 278 g/mol. The summed E-state index contributed by atoms with van der Waals surface area (Å²) in [5.74, 6) is 0.760. The lowest BCUT2D eigenvalue weighted by atomic mass is 9.87. The molecule has 0 atom stereocenters. The number of urea groups is 1. The summed E-state index contributed by atoms with van der Waals surface area (Å²) in [4.78, 5) is 25.6. The number of anilines is 1. The molecule has 5 heteroatoms. The van der Waals surface area contributed by atoms with Gasteiger partial charge in [-0.2, -0.15) is 0 Å². The van der Waals surface area contributed by atoms with Crippen LogP contribution in [0.1, 0.15) is 43.0 Å². The van der Waals surface area contributed by atoms with E-state index in [2.05, 4.69) is 17.6 Å². The second kappa shape index (κ2) is 6.38. The Balaban J connectivity index is 1.60. The van der Waals surface area contributed by atoms with Crippen molar-refractivity contribution in [3.05, 3.63) is 29.8 Å². The summed E-state index contributed by atoms with van der Waals surface area (Å²) in [6.45, 7) is 3.61. The van der Waals surface area contributed by atoms with Gasteiger partial charge in [-0.15, -0.1) is 0 Å². The van der Waals surface area contributed by atoms with Gasteiger partial charge in [-0.3, -0.25) is 9.69 Å². The molecule has 1 heterocycles. The summed E-state index contributed by atoms with van der Waals surface area (Å²) in [6.07, 6.45) is 4.51. The van der Waals surface area contributed by atoms with Gasteiger partial charge in [0.2, 0.25) is 0 Å². The Hall–Kier alpha value is -2.04. The van der Waals surface area contributed by atoms with E-state index in [1.165, 1.54) is 12.8 Å². The Morgan fingerprint density at radius 2 is 1.86 bits per heavy atom. The van der Waals surface area contributed by atoms with Crippen LogP contribution < -0.4 is 15.5 Å². The lowest BCUT2D eigenvalue weighted by Gasteiger charge is -2.27. The predicted octanol–water partition coefficient (Wildman–Crippen LogP) is 2.52. The first-order valence-electron chi connectivity index (χ1n) is 8.10. The van der Waals surface area contributed by atoms with Crippen LogP contribution in [0.4, 0.5) is 10.5 Å². The average Bonchev–Trinajstić information content (AvgIpc) is 2.96. The van der Waals surface area contributed by atoms with Crippen molar-refractivity contribution in [2.75, 3.05) is 18.0 Å². The van der Waals surface area contributed by atoms with Crippen LogP contribution in [0.3, 0.4) is 0 Å². The molecule has 1 aromatic rings. The van der Waals surface area contributed by atoms with Crippen molar-refractivity contribution >= 4 is 17.6 Å². The molecule has 0 spiro atoms. The highest BCUT2D eigenvalue weighted by molar-refractivity contribution is 5.97. The largest absolute Gasteiger partial charge is 0.349 e. The third-order valence-electron chi connectivity index (χ3n) is 4.65. The molecule has 1 aromatic carbocycles. The fourth-order valence-electron chi connectivity index (χ4n) is 3.18. The van der Waals surface area contributed by atoms with Gasteiger partial charge >= 0.3 is 6.03 Å². The second-order valence-corrected chi connectivity index (χ2v) is 6.36. The maximum Gasteiger partial charge on any atom is 0.321 e. The summed E-state index contributed by atoms with van der Waals surface area (Å²) >= 11 is 0. The van der Waals surface area contributed by atoms with Gasteiger partial charge in [0.15, 0.2) is 0 Å². The van der Waals surface area contributed by atoms with E-state index in [1.807, 2.05) is 12.1 Å². The van der Waals surface area contributed by atoms with E-state index in [9.17, 15) is 9.59 Å². The molecule has 3 amide bonds. The van der Waals surface area contributed by atoms with E-state index in [4.69, 9.17) is 0 Å². The van der Waals surface area contributed by atoms with Crippen molar-refractivity contribution < 1.29 is 9.59 Å². The quantitative estimate of drug-likeness (QED) is 0.901. The second-order valence-electron chi connectivity index (χ2n) is 6.36. The first-order valence-corrected chi connectivity index (χ1v) is 8.10. The zero-order chi connectivity index (χ0) is 15.5. The Morgan fingerprint density at radius 3 is 2.45 bits per heavy atom. The van der Waals surface area contributed by atoms with Crippen LogP contribution in [0.25, 0.3) is 0 Å². The number of nitrogens with one attached hydrogen (secondary N) is 2. The Kier molecular flexibility index (Phi) is 4.32. The van der Waals surface area contributed by atoms with Crippen molar-refractivity contribution in [3.8, 4) is 0 Å². The van der Waals surface area contributed by atoms with Gasteiger partial charge in [0.1, 0.15) is 0 Å². The van der Waals surface area contributed by atoms with Gasteiger partial charge < -0.3 is 10.6 Å². The Labute approximate surface area is 131 Å². The molecule has 22 heavy (non-hydrogen) atoms. The number of benzene rings is 1. The highest BCUT2D eigenvalue weighted by Gasteiger charge is 2.22. The molecule has 0 radical (unpaired) electrons. The smallest absolute Gasteiger partial charge is 0.321 e. The zero-order valence-electron chi connectivity index (χ0n) is 13.0.